The van der Waals surface area contributed by atoms with Crippen LogP contribution < -0.4 is 10.1 Å². The fourth-order valence-corrected chi connectivity index (χ4v) is 1.68. The van der Waals surface area contributed by atoms with Gasteiger partial charge in [0.2, 0.25) is 0 Å². The molecule has 0 bridgehead atoms. The minimum atomic E-state index is 0.154. The summed E-state index contributed by atoms with van der Waals surface area (Å²) in [6.07, 6.45) is 0. The number of hydrogen-bond acceptors (Lipinski definition) is 2. The van der Waals surface area contributed by atoms with Gasteiger partial charge in [-0.15, -0.1) is 0 Å². The van der Waals surface area contributed by atoms with Crippen LogP contribution in [0.5, 0.6) is 5.75 Å². The van der Waals surface area contributed by atoms with Crippen LogP contribution in [0.1, 0.15) is 46.1 Å². The van der Waals surface area contributed by atoms with Crippen molar-refractivity contribution >= 4 is 0 Å². The predicted molar refractivity (Wildman–Crippen MR) is 73.8 cm³/mol. The first-order valence-electron chi connectivity index (χ1n) is 6.37. The van der Waals surface area contributed by atoms with Crippen molar-refractivity contribution in [2.75, 3.05) is 13.2 Å². The Hall–Kier alpha value is -1.02. The van der Waals surface area contributed by atoms with Crippen molar-refractivity contribution in [2.24, 2.45) is 0 Å². The molecule has 1 aromatic carbocycles. The SMILES string of the molecule is CC(C)c1ccccc1OCCNC(C)(C)C. The number of para-hydroxylation sites is 1. The van der Waals surface area contributed by atoms with E-state index in [1.54, 1.807) is 0 Å². The number of hydrogen-bond donors (Lipinski definition) is 1. The maximum atomic E-state index is 5.83. The molecule has 2 nitrogen and oxygen atoms in total. The Labute approximate surface area is 105 Å². The Morgan fingerprint density at radius 2 is 1.82 bits per heavy atom. The lowest BCUT2D eigenvalue weighted by molar-refractivity contribution is 0.288. The first kappa shape index (κ1) is 14.0. The molecule has 0 saturated carbocycles. The Bertz CT molecular complexity index is 339. The van der Waals surface area contributed by atoms with Gasteiger partial charge in [-0.25, -0.2) is 0 Å². The van der Waals surface area contributed by atoms with E-state index in [1.165, 1.54) is 5.56 Å². The molecule has 17 heavy (non-hydrogen) atoms. The molecule has 0 heterocycles. The van der Waals surface area contributed by atoms with Crippen LogP contribution in [0.4, 0.5) is 0 Å². The first-order chi connectivity index (χ1) is 7.90. The quantitative estimate of drug-likeness (QED) is 0.788. The fraction of sp³-hybridized carbons (Fsp3) is 0.600. The first-order valence-corrected chi connectivity index (χ1v) is 6.37. The van der Waals surface area contributed by atoms with Gasteiger partial charge in [-0.1, -0.05) is 32.0 Å². The predicted octanol–water partition coefficient (Wildman–Crippen LogP) is 3.58. The summed E-state index contributed by atoms with van der Waals surface area (Å²) in [4.78, 5) is 0. The van der Waals surface area contributed by atoms with Crippen molar-refractivity contribution in [3.63, 3.8) is 0 Å². The van der Waals surface area contributed by atoms with Crippen molar-refractivity contribution in [1.29, 1.82) is 0 Å². The molecule has 0 fully saturated rings. The normalized spacial score (nSPS) is 11.9. The van der Waals surface area contributed by atoms with Gasteiger partial charge in [0.05, 0.1) is 0 Å². The lowest BCUT2D eigenvalue weighted by Crippen LogP contribution is -2.38. The molecular formula is C15H25NO. The third kappa shape index (κ3) is 5.22. The molecule has 0 aliphatic heterocycles. The van der Waals surface area contributed by atoms with Gasteiger partial charge in [0.1, 0.15) is 12.4 Å². The molecule has 2 heteroatoms. The van der Waals surface area contributed by atoms with Crippen LogP contribution in [-0.4, -0.2) is 18.7 Å². The summed E-state index contributed by atoms with van der Waals surface area (Å²) in [7, 11) is 0. The topological polar surface area (TPSA) is 21.3 Å². The van der Waals surface area contributed by atoms with Crippen molar-refractivity contribution in [3.05, 3.63) is 29.8 Å². The third-order valence-electron chi connectivity index (χ3n) is 2.56. The standard InChI is InChI=1S/C15H25NO/c1-12(2)13-8-6-7-9-14(13)17-11-10-16-15(3,4)5/h6-9,12,16H,10-11H2,1-5H3. The van der Waals surface area contributed by atoms with Gasteiger partial charge < -0.3 is 10.1 Å². The molecule has 1 N–H and O–H groups in total. The Morgan fingerprint density at radius 1 is 1.18 bits per heavy atom. The second kappa shape index (κ2) is 6.06. The number of benzene rings is 1. The summed E-state index contributed by atoms with van der Waals surface area (Å²) in [5.74, 6) is 1.51. The van der Waals surface area contributed by atoms with Gasteiger partial charge in [0, 0.05) is 12.1 Å². The van der Waals surface area contributed by atoms with E-state index < -0.39 is 0 Å². The van der Waals surface area contributed by atoms with E-state index in [1.807, 2.05) is 12.1 Å². The van der Waals surface area contributed by atoms with Gasteiger partial charge in [-0.3, -0.25) is 0 Å². The summed E-state index contributed by atoms with van der Waals surface area (Å²) >= 11 is 0. The summed E-state index contributed by atoms with van der Waals surface area (Å²) in [6.45, 7) is 12.4. The molecule has 1 aromatic rings. The van der Waals surface area contributed by atoms with Gasteiger partial charge in [0.15, 0.2) is 0 Å². The second-order valence-corrected chi connectivity index (χ2v) is 5.72. The summed E-state index contributed by atoms with van der Waals surface area (Å²) in [5, 5.41) is 3.42. The third-order valence-corrected chi connectivity index (χ3v) is 2.56. The van der Waals surface area contributed by atoms with Gasteiger partial charge in [-0.05, 0) is 38.3 Å². The maximum absolute atomic E-state index is 5.83. The van der Waals surface area contributed by atoms with Crippen LogP contribution >= 0.6 is 0 Å². The van der Waals surface area contributed by atoms with E-state index in [-0.39, 0.29) is 5.54 Å². The highest BCUT2D eigenvalue weighted by Crippen LogP contribution is 2.25. The molecule has 0 amide bonds. The van der Waals surface area contributed by atoms with Crippen LogP contribution in [0.3, 0.4) is 0 Å². The Balaban J connectivity index is 2.47. The number of nitrogens with one attached hydrogen (secondary N) is 1. The lowest BCUT2D eigenvalue weighted by Gasteiger charge is -2.21. The van der Waals surface area contributed by atoms with E-state index >= 15 is 0 Å². The molecule has 0 spiro atoms. The minimum absolute atomic E-state index is 0.154. The van der Waals surface area contributed by atoms with Crippen molar-refractivity contribution in [1.82, 2.24) is 5.32 Å². The molecular weight excluding hydrogens is 210 g/mol. The van der Waals surface area contributed by atoms with Gasteiger partial charge in [-0.2, -0.15) is 0 Å². The highest BCUT2D eigenvalue weighted by atomic mass is 16.5. The highest BCUT2D eigenvalue weighted by molar-refractivity contribution is 5.35. The minimum Gasteiger partial charge on any atom is -0.492 e. The number of rotatable bonds is 5. The molecule has 0 saturated heterocycles. The van der Waals surface area contributed by atoms with Crippen molar-refractivity contribution in [3.8, 4) is 5.75 Å². The molecule has 0 aliphatic carbocycles. The summed E-state index contributed by atoms with van der Waals surface area (Å²) < 4.78 is 5.83. The average Bonchev–Trinajstić information content (AvgIpc) is 2.23. The van der Waals surface area contributed by atoms with E-state index in [0.29, 0.717) is 12.5 Å². The molecule has 0 aliphatic rings. The van der Waals surface area contributed by atoms with Crippen LogP contribution in [0, 0.1) is 0 Å². The smallest absolute Gasteiger partial charge is 0.122 e. The molecule has 0 unspecified atom stereocenters. The van der Waals surface area contributed by atoms with Gasteiger partial charge in [0.25, 0.3) is 0 Å². The molecule has 96 valence electrons. The summed E-state index contributed by atoms with van der Waals surface area (Å²) in [6, 6.07) is 8.28. The zero-order chi connectivity index (χ0) is 12.9. The Kier molecular flexibility index (Phi) is 5.01. The maximum Gasteiger partial charge on any atom is 0.122 e. The monoisotopic (exact) mass is 235 g/mol. The second-order valence-electron chi connectivity index (χ2n) is 5.72. The van der Waals surface area contributed by atoms with Gasteiger partial charge >= 0.3 is 0 Å². The van der Waals surface area contributed by atoms with Crippen LogP contribution in [-0.2, 0) is 0 Å². The summed E-state index contributed by atoms with van der Waals surface area (Å²) in [5.41, 5.74) is 1.43. The molecule has 0 atom stereocenters. The zero-order valence-corrected chi connectivity index (χ0v) is 11.7. The van der Waals surface area contributed by atoms with Crippen LogP contribution in [0.15, 0.2) is 24.3 Å². The van der Waals surface area contributed by atoms with E-state index in [2.05, 4.69) is 52.1 Å². The lowest BCUT2D eigenvalue weighted by atomic mass is 10.0. The average molecular weight is 235 g/mol. The van der Waals surface area contributed by atoms with E-state index in [4.69, 9.17) is 4.74 Å². The Morgan fingerprint density at radius 3 is 2.41 bits per heavy atom. The van der Waals surface area contributed by atoms with E-state index in [9.17, 15) is 0 Å². The zero-order valence-electron chi connectivity index (χ0n) is 11.7. The molecule has 1 rings (SSSR count). The molecule has 0 aromatic heterocycles. The van der Waals surface area contributed by atoms with Crippen molar-refractivity contribution < 1.29 is 4.74 Å². The molecule has 0 radical (unpaired) electrons. The van der Waals surface area contributed by atoms with Crippen molar-refractivity contribution in [2.45, 2.75) is 46.1 Å². The largest absolute Gasteiger partial charge is 0.492 e. The highest BCUT2D eigenvalue weighted by Gasteiger charge is 2.09. The van der Waals surface area contributed by atoms with Crippen LogP contribution in [0.25, 0.3) is 0 Å². The van der Waals surface area contributed by atoms with E-state index in [0.717, 1.165) is 12.3 Å². The number of ether oxygens (including phenoxy) is 1. The fourth-order valence-electron chi connectivity index (χ4n) is 1.68. The van der Waals surface area contributed by atoms with Crippen LogP contribution in [0.2, 0.25) is 0 Å².